The van der Waals surface area contributed by atoms with Crippen molar-refractivity contribution in [2.75, 3.05) is 0 Å². The molecule has 0 radical (unpaired) electrons. The molecule has 4 aromatic rings. The van der Waals surface area contributed by atoms with E-state index >= 15 is 0 Å². The van der Waals surface area contributed by atoms with Crippen LogP contribution < -0.4 is 0 Å². The third-order valence-electron chi connectivity index (χ3n) is 5.11. The molecule has 0 spiro atoms. The fraction of sp³-hybridized carbons (Fsp3) is 0.154. The molecular weight excluding hydrogens is 331 g/mol. The molecule has 0 fully saturated rings. The van der Waals surface area contributed by atoms with Crippen molar-refractivity contribution in [3.05, 3.63) is 95.8 Å². The summed E-state index contributed by atoms with van der Waals surface area (Å²) in [5.74, 6) is -0.185. The SMILES string of the molecule is CCCc1ccc2cc(-c3ccc(-c4ccc(C)cc4)cc3F)ccc2c1. The van der Waals surface area contributed by atoms with E-state index in [9.17, 15) is 4.39 Å². The van der Waals surface area contributed by atoms with E-state index in [-0.39, 0.29) is 5.82 Å². The summed E-state index contributed by atoms with van der Waals surface area (Å²) < 4.78 is 14.9. The van der Waals surface area contributed by atoms with Crippen LogP contribution in [0.2, 0.25) is 0 Å². The Hall–Kier alpha value is -2.93. The predicted molar refractivity (Wildman–Crippen MR) is 114 cm³/mol. The zero-order valence-corrected chi connectivity index (χ0v) is 15.8. The smallest absolute Gasteiger partial charge is 0.131 e. The fourth-order valence-corrected chi connectivity index (χ4v) is 3.58. The first-order valence-electron chi connectivity index (χ1n) is 9.54. The quantitative estimate of drug-likeness (QED) is 0.354. The highest BCUT2D eigenvalue weighted by atomic mass is 19.1. The maximum atomic E-state index is 14.9. The van der Waals surface area contributed by atoms with Crippen LogP contribution in [0.1, 0.15) is 24.5 Å². The first-order valence-corrected chi connectivity index (χ1v) is 9.54. The molecule has 0 heterocycles. The average molecular weight is 354 g/mol. The van der Waals surface area contributed by atoms with Crippen molar-refractivity contribution >= 4 is 10.8 Å². The second-order valence-corrected chi connectivity index (χ2v) is 7.21. The highest BCUT2D eigenvalue weighted by Gasteiger charge is 2.08. The molecule has 0 aliphatic carbocycles. The van der Waals surface area contributed by atoms with E-state index in [4.69, 9.17) is 0 Å². The number of halogens is 1. The molecule has 0 saturated carbocycles. The van der Waals surface area contributed by atoms with Gasteiger partial charge in [-0.05, 0) is 58.5 Å². The molecule has 0 amide bonds. The molecule has 134 valence electrons. The molecule has 0 bridgehead atoms. The Bertz CT molecular complexity index is 1090. The van der Waals surface area contributed by atoms with E-state index in [1.807, 2.05) is 30.3 Å². The largest absolute Gasteiger partial charge is 0.206 e. The van der Waals surface area contributed by atoms with E-state index in [1.54, 1.807) is 6.07 Å². The second kappa shape index (κ2) is 7.36. The first-order chi connectivity index (χ1) is 13.1. The van der Waals surface area contributed by atoms with Gasteiger partial charge in [-0.3, -0.25) is 0 Å². The number of hydrogen-bond donors (Lipinski definition) is 0. The van der Waals surface area contributed by atoms with Crippen LogP contribution >= 0.6 is 0 Å². The topological polar surface area (TPSA) is 0 Å². The predicted octanol–water partition coefficient (Wildman–Crippen LogP) is 7.57. The minimum Gasteiger partial charge on any atom is -0.206 e. The maximum absolute atomic E-state index is 14.9. The molecule has 0 N–H and O–H groups in total. The molecular formula is C26H23F. The lowest BCUT2D eigenvalue weighted by Crippen LogP contribution is -1.88. The minimum absolute atomic E-state index is 0.185. The van der Waals surface area contributed by atoms with Crippen molar-refractivity contribution in [3.8, 4) is 22.3 Å². The van der Waals surface area contributed by atoms with Gasteiger partial charge in [0.25, 0.3) is 0 Å². The number of hydrogen-bond acceptors (Lipinski definition) is 0. The second-order valence-electron chi connectivity index (χ2n) is 7.21. The van der Waals surface area contributed by atoms with Gasteiger partial charge in [-0.25, -0.2) is 4.39 Å². The zero-order valence-electron chi connectivity index (χ0n) is 15.8. The molecule has 0 aliphatic heterocycles. The van der Waals surface area contributed by atoms with Crippen LogP contribution in [0.15, 0.2) is 78.9 Å². The molecule has 4 rings (SSSR count). The summed E-state index contributed by atoms with van der Waals surface area (Å²) in [5, 5.41) is 2.36. The summed E-state index contributed by atoms with van der Waals surface area (Å²) in [5.41, 5.74) is 6.05. The van der Waals surface area contributed by atoms with Crippen molar-refractivity contribution in [2.24, 2.45) is 0 Å². The van der Waals surface area contributed by atoms with Crippen LogP contribution in [0.5, 0.6) is 0 Å². The van der Waals surface area contributed by atoms with Crippen LogP contribution in [0.3, 0.4) is 0 Å². The van der Waals surface area contributed by atoms with Gasteiger partial charge in [0, 0.05) is 5.56 Å². The Morgan fingerprint density at radius 2 is 1.33 bits per heavy atom. The first kappa shape index (κ1) is 17.5. The molecule has 0 atom stereocenters. The van der Waals surface area contributed by atoms with E-state index in [0.29, 0.717) is 5.56 Å². The lowest BCUT2D eigenvalue weighted by atomic mass is 9.96. The minimum atomic E-state index is -0.185. The van der Waals surface area contributed by atoms with Gasteiger partial charge >= 0.3 is 0 Å². The number of aryl methyl sites for hydroxylation is 2. The summed E-state index contributed by atoms with van der Waals surface area (Å²) in [4.78, 5) is 0. The molecule has 0 unspecified atom stereocenters. The van der Waals surface area contributed by atoms with Gasteiger partial charge in [-0.1, -0.05) is 85.6 Å². The van der Waals surface area contributed by atoms with Gasteiger partial charge in [0.15, 0.2) is 0 Å². The molecule has 0 nitrogen and oxygen atoms in total. The Labute approximate surface area is 160 Å². The van der Waals surface area contributed by atoms with E-state index in [1.165, 1.54) is 16.5 Å². The summed E-state index contributed by atoms with van der Waals surface area (Å²) in [7, 11) is 0. The summed E-state index contributed by atoms with van der Waals surface area (Å²) in [6, 6.07) is 26.4. The van der Waals surface area contributed by atoms with Crippen LogP contribution in [0.25, 0.3) is 33.0 Å². The summed E-state index contributed by atoms with van der Waals surface area (Å²) in [6.07, 6.45) is 2.23. The highest BCUT2D eigenvalue weighted by molar-refractivity contribution is 5.88. The third kappa shape index (κ3) is 3.64. The summed E-state index contributed by atoms with van der Waals surface area (Å²) >= 11 is 0. The Morgan fingerprint density at radius 1 is 0.667 bits per heavy atom. The van der Waals surface area contributed by atoms with E-state index in [2.05, 4.69) is 56.3 Å². The lowest BCUT2D eigenvalue weighted by Gasteiger charge is -2.09. The summed E-state index contributed by atoms with van der Waals surface area (Å²) in [6.45, 7) is 4.24. The van der Waals surface area contributed by atoms with Crippen LogP contribution in [0, 0.1) is 12.7 Å². The molecule has 0 saturated heterocycles. The van der Waals surface area contributed by atoms with Crippen LogP contribution in [-0.4, -0.2) is 0 Å². The van der Waals surface area contributed by atoms with Gasteiger partial charge in [-0.2, -0.15) is 0 Å². The molecule has 4 aromatic carbocycles. The molecule has 0 aliphatic rings. The molecule has 0 aromatic heterocycles. The van der Waals surface area contributed by atoms with Crippen LogP contribution in [0.4, 0.5) is 4.39 Å². The average Bonchev–Trinajstić information content (AvgIpc) is 2.68. The molecule has 1 heteroatoms. The normalized spacial score (nSPS) is 11.1. The van der Waals surface area contributed by atoms with Crippen molar-refractivity contribution in [1.82, 2.24) is 0 Å². The molecule has 27 heavy (non-hydrogen) atoms. The highest BCUT2D eigenvalue weighted by Crippen LogP contribution is 2.30. The van der Waals surface area contributed by atoms with Crippen LogP contribution in [-0.2, 0) is 6.42 Å². The standard InChI is InChI=1S/C26H23F/c1-3-4-19-7-10-22-16-24(12-11-21(22)15-19)25-14-13-23(17-26(25)27)20-8-5-18(2)6-9-20/h5-17H,3-4H2,1-2H3. The Balaban J connectivity index is 1.70. The number of fused-ring (bicyclic) bond motifs is 1. The van der Waals surface area contributed by atoms with Crippen molar-refractivity contribution in [2.45, 2.75) is 26.7 Å². The lowest BCUT2D eigenvalue weighted by molar-refractivity contribution is 0.632. The van der Waals surface area contributed by atoms with Gasteiger partial charge in [0.2, 0.25) is 0 Å². The van der Waals surface area contributed by atoms with Gasteiger partial charge in [0.1, 0.15) is 5.82 Å². The van der Waals surface area contributed by atoms with Gasteiger partial charge < -0.3 is 0 Å². The maximum Gasteiger partial charge on any atom is 0.131 e. The van der Waals surface area contributed by atoms with Gasteiger partial charge in [0.05, 0.1) is 0 Å². The zero-order chi connectivity index (χ0) is 18.8. The monoisotopic (exact) mass is 354 g/mol. The third-order valence-corrected chi connectivity index (χ3v) is 5.11. The number of benzene rings is 4. The number of rotatable bonds is 4. The Morgan fingerprint density at radius 3 is 2.07 bits per heavy atom. The Kier molecular flexibility index (Phi) is 4.77. The van der Waals surface area contributed by atoms with Crippen molar-refractivity contribution < 1.29 is 4.39 Å². The fourth-order valence-electron chi connectivity index (χ4n) is 3.58. The van der Waals surface area contributed by atoms with Crippen molar-refractivity contribution in [1.29, 1.82) is 0 Å². The van der Waals surface area contributed by atoms with Crippen molar-refractivity contribution in [3.63, 3.8) is 0 Å². The van der Waals surface area contributed by atoms with Gasteiger partial charge in [-0.15, -0.1) is 0 Å². The van der Waals surface area contributed by atoms with E-state index < -0.39 is 0 Å². The van der Waals surface area contributed by atoms with E-state index in [0.717, 1.165) is 34.9 Å².